The van der Waals surface area contributed by atoms with Crippen molar-refractivity contribution < 1.29 is 0 Å². The third-order valence-corrected chi connectivity index (χ3v) is 5.40. The van der Waals surface area contributed by atoms with E-state index in [2.05, 4.69) is 37.3 Å². The van der Waals surface area contributed by atoms with Crippen LogP contribution in [-0.2, 0) is 6.42 Å². The monoisotopic (exact) mass is 277 g/mol. The highest BCUT2D eigenvalue weighted by molar-refractivity contribution is 8.00. The van der Waals surface area contributed by atoms with E-state index in [0.29, 0.717) is 17.1 Å². The van der Waals surface area contributed by atoms with Crippen LogP contribution in [0.1, 0.15) is 12.5 Å². The van der Waals surface area contributed by atoms with E-state index in [1.165, 1.54) is 10.5 Å². The van der Waals surface area contributed by atoms with Crippen LogP contribution in [-0.4, -0.2) is 5.25 Å². The Labute approximate surface area is 117 Å². The first kappa shape index (κ1) is 12.2. The average Bonchev–Trinajstić information content (AvgIpc) is 2.70. The Balaban J connectivity index is 1.85. The molecule has 3 unspecified atom stereocenters. The summed E-state index contributed by atoms with van der Waals surface area (Å²) in [5.74, 6) is 0.805. The summed E-state index contributed by atoms with van der Waals surface area (Å²) in [6, 6.07) is 8.64. The molecule has 0 aromatic heterocycles. The fourth-order valence-electron chi connectivity index (χ4n) is 2.92. The fourth-order valence-corrected chi connectivity index (χ4v) is 4.85. The van der Waals surface area contributed by atoms with Gasteiger partial charge in [0.05, 0.1) is 0 Å². The lowest BCUT2D eigenvalue weighted by Crippen LogP contribution is -2.30. The topological polar surface area (TPSA) is 26.0 Å². The van der Waals surface area contributed by atoms with Crippen LogP contribution in [0.4, 0.5) is 0 Å². The molecule has 3 heteroatoms. The van der Waals surface area contributed by atoms with Crippen molar-refractivity contribution >= 4 is 23.4 Å². The minimum absolute atomic E-state index is 0.393. The lowest BCUT2D eigenvalue weighted by atomic mass is 9.82. The average molecular weight is 278 g/mol. The molecule has 0 amide bonds. The maximum absolute atomic E-state index is 6.20. The summed E-state index contributed by atoms with van der Waals surface area (Å²) >= 11 is 8.02. The number of fused-ring (bicyclic) bond motifs is 1. The largest absolute Gasteiger partial charge is 0.402 e. The normalized spacial score (nSPS) is 30.7. The standard InChI is InChI=1S/C15H16ClNS/c1-9-6-11(16)8-12(17)15(9)14-7-10-4-2-3-5-13(10)18-14/h2-6,8-9,14-15H,7,17H2,1H3. The van der Waals surface area contributed by atoms with E-state index in [4.69, 9.17) is 17.3 Å². The van der Waals surface area contributed by atoms with Gasteiger partial charge in [-0.3, -0.25) is 0 Å². The van der Waals surface area contributed by atoms with E-state index >= 15 is 0 Å². The van der Waals surface area contributed by atoms with Gasteiger partial charge in [0.2, 0.25) is 0 Å². The third-order valence-electron chi connectivity index (χ3n) is 3.75. The first-order valence-corrected chi connectivity index (χ1v) is 7.50. The number of hydrogen-bond acceptors (Lipinski definition) is 2. The zero-order chi connectivity index (χ0) is 12.7. The van der Waals surface area contributed by atoms with Crippen LogP contribution in [0, 0.1) is 11.8 Å². The van der Waals surface area contributed by atoms with E-state index in [9.17, 15) is 0 Å². The molecule has 0 saturated heterocycles. The molecule has 94 valence electrons. The number of hydrogen-bond donors (Lipinski definition) is 1. The Bertz CT molecular complexity index is 510. The molecule has 0 saturated carbocycles. The van der Waals surface area contributed by atoms with Gasteiger partial charge in [-0.1, -0.05) is 42.8 Å². The van der Waals surface area contributed by atoms with E-state index < -0.39 is 0 Å². The summed E-state index contributed by atoms with van der Waals surface area (Å²) < 4.78 is 0. The highest BCUT2D eigenvalue weighted by Gasteiger charge is 2.35. The predicted octanol–water partition coefficient (Wildman–Crippen LogP) is 3.93. The minimum Gasteiger partial charge on any atom is -0.402 e. The third kappa shape index (κ3) is 2.08. The second kappa shape index (κ2) is 4.67. The molecule has 3 atom stereocenters. The SMILES string of the molecule is CC1C=C(Cl)C=C(N)C1C1Cc2ccccc2S1. The van der Waals surface area contributed by atoms with E-state index in [1.807, 2.05) is 17.8 Å². The highest BCUT2D eigenvalue weighted by Crippen LogP contribution is 2.45. The summed E-state index contributed by atoms with van der Waals surface area (Å²) in [4.78, 5) is 1.41. The Hall–Kier alpha value is -0.860. The lowest BCUT2D eigenvalue weighted by Gasteiger charge is -2.30. The number of allylic oxidation sites excluding steroid dienone is 4. The van der Waals surface area contributed by atoms with Crippen LogP contribution in [0.25, 0.3) is 0 Å². The molecule has 0 radical (unpaired) electrons. The van der Waals surface area contributed by atoms with Gasteiger partial charge in [-0.15, -0.1) is 11.8 Å². The lowest BCUT2D eigenvalue weighted by molar-refractivity contribution is 0.457. The van der Waals surface area contributed by atoms with Gasteiger partial charge in [0.15, 0.2) is 0 Å². The molecule has 1 aromatic rings. The van der Waals surface area contributed by atoms with Gasteiger partial charge in [-0.05, 0) is 30.0 Å². The molecule has 1 nitrogen and oxygen atoms in total. The Morgan fingerprint density at radius 2 is 2.11 bits per heavy atom. The molecule has 2 aliphatic rings. The van der Waals surface area contributed by atoms with Gasteiger partial charge in [0, 0.05) is 26.8 Å². The molecule has 1 heterocycles. The molecular formula is C15H16ClNS. The summed E-state index contributed by atoms with van der Waals surface area (Å²) in [6.45, 7) is 2.20. The van der Waals surface area contributed by atoms with E-state index in [-0.39, 0.29) is 0 Å². The van der Waals surface area contributed by atoms with Crippen molar-refractivity contribution in [1.29, 1.82) is 0 Å². The molecule has 0 spiro atoms. The van der Waals surface area contributed by atoms with Gasteiger partial charge in [0.25, 0.3) is 0 Å². The predicted molar refractivity (Wildman–Crippen MR) is 78.7 cm³/mol. The van der Waals surface area contributed by atoms with Crippen LogP contribution in [0.2, 0.25) is 0 Å². The van der Waals surface area contributed by atoms with E-state index in [0.717, 1.165) is 17.2 Å². The summed E-state index contributed by atoms with van der Waals surface area (Å²) in [5.41, 5.74) is 8.58. The van der Waals surface area contributed by atoms with Crippen molar-refractivity contribution in [2.24, 2.45) is 17.6 Å². The fraction of sp³-hybridized carbons (Fsp3) is 0.333. The first-order valence-electron chi connectivity index (χ1n) is 6.24. The van der Waals surface area contributed by atoms with Gasteiger partial charge in [-0.25, -0.2) is 0 Å². The summed E-state index contributed by atoms with van der Waals surface area (Å²) in [7, 11) is 0. The second-order valence-corrected chi connectivity index (χ2v) is 6.77. The molecular weight excluding hydrogens is 262 g/mol. The molecule has 1 aliphatic carbocycles. The van der Waals surface area contributed by atoms with Gasteiger partial charge in [0.1, 0.15) is 0 Å². The molecule has 18 heavy (non-hydrogen) atoms. The molecule has 3 rings (SSSR count). The number of benzene rings is 1. The minimum atomic E-state index is 0.393. The van der Waals surface area contributed by atoms with Gasteiger partial charge in [-0.2, -0.15) is 0 Å². The molecule has 1 aliphatic heterocycles. The van der Waals surface area contributed by atoms with Crippen LogP contribution >= 0.6 is 23.4 Å². The zero-order valence-corrected chi connectivity index (χ0v) is 11.8. The van der Waals surface area contributed by atoms with Gasteiger partial charge >= 0.3 is 0 Å². The smallest absolute Gasteiger partial charge is 0.0386 e. The number of halogens is 1. The van der Waals surface area contributed by atoms with Gasteiger partial charge < -0.3 is 5.73 Å². The van der Waals surface area contributed by atoms with Crippen molar-refractivity contribution in [1.82, 2.24) is 0 Å². The van der Waals surface area contributed by atoms with Crippen LogP contribution in [0.5, 0.6) is 0 Å². The van der Waals surface area contributed by atoms with Crippen molar-refractivity contribution in [2.45, 2.75) is 23.5 Å². The quantitative estimate of drug-likeness (QED) is 0.842. The summed E-state index contributed by atoms with van der Waals surface area (Å²) in [6.07, 6.45) is 5.14. The van der Waals surface area contributed by atoms with Crippen LogP contribution < -0.4 is 5.73 Å². The Morgan fingerprint density at radius 1 is 1.33 bits per heavy atom. The maximum Gasteiger partial charge on any atom is 0.0386 e. The Morgan fingerprint density at radius 3 is 2.83 bits per heavy atom. The van der Waals surface area contributed by atoms with Crippen molar-refractivity contribution in [3.63, 3.8) is 0 Å². The highest BCUT2D eigenvalue weighted by atomic mass is 35.5. The second-order valence-electron chi connectivity index (χ2n) is 5.05. The Kier molecular flexibility index (Phi) is 3.16. The molecule has 0 fully saturated rings. The zero-order valence-electron chi connectivity index (χ0n) is 10.3. The number of nitrogens with two attached hydrogens (primary N) is 1. The van der Waals surface area contributed by atoms with Crippen LogP contribution in [0.15, 0.2) is 52.0 Å². The maximum atomic E-state index is 6.20. The molecule has 2 N–H and O–H groups in total. The number of thioether (sulfide) groups is 1. The van der Waals surface area contributed by atoms with Crippen LogP contribution in [0.3, 0.4) is 0 Å². The van der Waals surface area contributed by atoms with E-state index in [1.54, 1.807) is 0 Å². The number of rotatable bonds is 1. The van der Waals surface area contributed by atoms with Crippen molar-refractivity contribution in [2.75, 3.05) is 0 Å². The first-order chi connectivity index (χ1) is 8.65. The van der Waals surface area contributed by atoms with Crippen molar-refractivity contribution in [3.05, 3.63) is 52.7 Å². The van der Waals surface area contributed by atoms with Crippen molar-refractivity contribution in [3.8, 4) is 0 Å². The summed E-state index contributed by atoms with van der Waals surface area (Å²) in [5, 5.41) is 1.31. The molecule has 1 aromatic carbocycles. The molecule has 0 bridgehead atoms.